The number of carbonyl (C=O) groups is 1. The fourth-order valence-corrected chi connectivity index (χ4v) is 3.84. The van der Waals surface area contributed by atoms with E-state index in [9.17, 15) is 13.6 Å². The Bertz CT molecular complexity index is 1170. The summed E-state index contributed by atoms with van der Waals surface area (Å²) in [7, 11) is 0. The highest BCUT2D eigenvalue weighted by atomic mass is 35.5. The second-order valence-electron chi connectivity index (χ2n) is 7.46. The van der Waals surface area contributed by atoms with Gasteiger partial charge < -0.3 is 10.6 Å². The van der Waals surface area contributed by atoms with Gasteiger partial charge in [-0.15, -0.1) is 0 Å². The summed E-state index contributed by atoms with van der Waals surface area (Å²) < 4.78 is 29.1. The van der Waals surface area contributed by atoms with Gasteiger partial charge in [0.2, 0.25) is 5.91 Å². The normalized spacial score (nSPS) is 14.7. The maximum Gasteiger partial charge on any atom is 0.241 e. The van der Waals surface area contributed by atoms with Crippen molar-refractivity contribution in [2.75, 3.05) is 6.54 Å². The summed E-state index contributed by atoms with van der Waals surface area (Å²) in [6.45, 7) is 3.58. The number of amides is 1. The van der Waals surface area contributed by atoms with E-state index in [4.69, 9.17) is 22.3 Å². The molecule has 2 aromatic carbocycles. The summed E-state index contributed by atoms with van der Waals surface area (Å²) >= 11 is 6.03. The van der Waals surface area contributed by atoms with Crippen LogP contribution in [0.15, 0.2) is 48.7 Å². The van der Waals surface area contributed by atoms with Crippen LogP contribution in [0.4, 0.5) is 8.78 Å². The third-order valence-corrected chi connectivity index (χ3v) is 5.47. The van der Waals surface area contributed by atoms with Gasteiger partial charge in [0.15, 0.2) is 0 Å². The van der Waals surface area contributed by atoms with Crippen molar-refractivity contribution in [3.05, 3.63) is 71.1 Å². The smallest absolute Gasteiger partial charge is 0.241 e. The molecule has 1 aliphatic rings. The molecule has 1 amide bonds. The molecule has 0 spiro atoms. The molecule has 0 aliphatic carbocycles. The predicted molar refractivity (Wildman–Crippen MR) is 112 cm³/mol. The van der Waals surface area contributed by atoms with E-state index in [1.807, 2.05) is 18.4 Å². The van der Waals surface area contributed by atoms with Crippen LogP contribution in [0.2, 0.25) is 5.02 Å². The van der Waals surface area contributed by atoms with E-state index in [1.165, 1.54) is 29.2 Å². The molecular weight excluding hydrogens is 410 g/mol. The molecule has 0 saturated carbocycles. The molecule has 2 N–H and O–H groups in total. The molecule has 0 radical (unpaired) electrons. The van der Waals surface area contributed by atoms with Crippen LogP contribution in [0.1, 0.15) is 19.7 Å². The highest BCUT2D eigenvalue weighted by molar-refractivity contribution is 6.31. The first-order valence-electron chi connectivity index (χ1n) is 9.28. The van der Waals surface area contributed by atoms with Crippen molar-refractivity contribution in [2.24, 2.45) is 5.73 Å². The van der Waals surface area contributed by atoms with Gasteiger partial charge in [0.25, 0.3) is 0 Å². The minimum absolute atomic E-state index is 0.0212. The van der Waals surface area contributed by atoms with Gasteiger partial charge in [0.1, 0.15) is 23.0 Å². The van der Waals surface area contributed by atoms with Crippen molar-refractivity contribution < 1.29 is 13.6 Å². The number of hydrogen-bond donors (Lipinski definition) is 1. The Morgan fingerprint density at radius 2 is 1.77 bits per heavy atom. The van der Waals surface area contributed by atoms with Crippen LogP contribution >= 0.6 is 11.6 Å². The van der Waals surface area contributed by atoms with Crippen molar-refractivity contribution in [1.29, 1.82) is 0 Å². The van der Waals surface area contributed by atoms with Gasteiger partial charge in [0.05, 0.1) is 23.0 Å². The van der Waals surface area contributed by atoms with E-state index in [2.05, 4.69) is 0 Å². The quantitative estimate of drug-likeness (QED) is 0.662. The lowest BCUT2D eigenvalue weighted by Gasteiger charge is -2.38. The van der Waals surface area contributed by atoms with E-state index in [0.717, 1.165) is 0 Å². The van der Waals surface area contributed by atoms with E-state index in [0.29, 0.717) is 28.3 Å². The summed E-state index contributed by atoms with van der Waals surface area (Å²) in [4.78, 5) is 18.7. The number of imidazole rings is 1. The van der Waals surface area contributed by atoms with Crippen molar-refractivity contribution in [3.63, 3.8) is 0 Å². The van der Waals surface area contributed by atoms with Gasteiger partial charge in [-0.1, -0.05) is 11.6 Å². The number of carbonyl (C=O) groups excluding carboxylic acids is 1. The van der Waals surface area contributed by atoms with Gasteiger partial charge >= 0.3 is 0 Å². The molecule has 0 bridgehead atoms. The minimum Gasteiger partial charge on any atom is -0.322 e. The lowest BCUT2D eigenvalue weighted by Crippen LogP contribution is -2.47. The summed E-state index contributed by atoms with van der Waals surface area (Å²) in [5.41, 5.74) is 7.30. The van der Waals surface area contributed by atoms with E-state index in [-0.39, 0.29) is 23.3 Å². The van der Waals surface area contributed by atoms with Crippen LogP contribution in [0.3, 0.4) is 0 Å². The number of nitrogens with zero attached hydrogens (tertiary/aromatic N) is 3. The molecule has 1 aliphatic heterocycles. The van der Waals surface area contributed by atoms with Crippen LogP contribution in [0.25, 0.3) is 28.7 Å². The zero-order valence-electron chi connectivity index (χ0n) is 16.4. The Morgan fingerprint density at radius 3 is 2.40 bits per heavy atom. The van der Waals surface area contributed by atoms with Crippen LogP contribution in [0, 0.1) is 11.6 Å². The monoisotopic (exact) mass is 428 g/mol. The molecule has 8 heteroatoms. The van der Waals surface area contributed by atoms with Crippen molar-refractivity contribution in [3.8, 4) is 22.5 Å². The van der Waals surface area contributed by atoms with Crippen LogP contribution < -0.4 is 5.73 Å². The molecule has 1 aromatic heterocycles. The summed E-state index contributed by atoms with van der Waals surface area (Å²) in [6, 6.07) is 10.4. The molecular formula is C22H19ClF2N4O. The molecule has 30 heavy (non-hydrogen) atoms. The number of nitrogens with two attached hydrogens (primary N) is 1. The summed E-state index contributed by atoms with van der Waals surface area (Å²) in [5, 5.41) is -0.0212. The highest BCUT2D eigenvalue weighted by Gasteiger charge is 2.39. The Labute approximate surface area is 177 Å². The topological polar surface area (TPSA) is 64.2 Å². The van der Waals surface area contributed by atoms with Crippen molar-refractivity contribution >= 4 is 23.7 Å². The standard InChI is InChI=1S/C22H19ClF2N4O/c1-22(2)21-27-19(13-3-6-15(24)7-4-13)20(14-5-8-17(25)16(23)11-14)28(21)9-10-29(22)18(30)12-26/h3-11H,12,26H2,1-2H3. The number of benzene rings is 2. The van der Waals surface area contributed by atoms with Crippen LogP contribution in [-0.2, 0) is 10.3 Å². The molecule has 0 unspecified atom stereocenters. The first-order valence-corrected chi connectivity index (χ1v) is 9.66. The van der Waals surface area contributed by atoms with E-state index in [1.54, 1.807) is 30.6 Å². The Hall–Kier alpha value is -3.03. The van der Waals surface area contributed by atoms with Gasteiger partial charge in [-0.2, -0.15) is 0 Å². The molecule has 0 atom stereocenters. The maximum atomic E-state index is 13.8. The number of hydrogen-bond acceptors (Lipinski definition) is 3. The van der Waals surface area contributed by atoms with Crippen LogP contribution in [-0.4, -0.2) is 26.9 Å². The highest BCUT2D eigenvalue weighted by Crippen LogP contribution is 2.41. The maximum absolute atomic E-state index is 13.8. The number of aromatic nitrogens is 2. The molecule has 154 valence electrons. The Balaban J connectivity index is 1.99. The van der Waals surface area contributed by atoms with E-state index < -0.39 is 11.4 Å². The molecule has 0 saturated heterocycles. The third kappa shape index (κ3) is 3.20. The van der Waals surface area contributed by atoms with Gasteiger partial charge in [-0.25, -0.2) is 13.8 Å². The molecule has 4 rings (SSSR count). The van der Waals surface area contributed by atoms with E-state index >= 15 is 0 Å². The van der Waals surface area contributed by atoms with Gasteiger partial charge in [-0.3, -0.25) is 9.36 Å². The molecule has 2 heterocycles. The van der Waals surface area contributed by atoms with Crippen molar-refractivity contribution in [2.45, 2.75) is 19.4 Å². The fourth-order valence-electron chi connectivity index (χ4n) is 3.66. The SMILES string of the molecule is CC1(C)c2nc(-c3ccc(F)cc3)c(-c3ccc(F)c(Cl)c3)n2C=CN1C(=O)CN. The summed E-state index contributed by atoms with van der Waals surface area (Å²) in [6.07, 6.45) is 3.35. The average Bonchev–Trinajstić information content (AvgIpc) is 3.11. The molecule has 5 nitrogen and oxygen atoms in total. The predicted octanol–water partition coefficient (Wildman–Crippen LogP) is 4.61. The lowest BCUT2D eigenvalue weighted by molar-refractivity contribution is -0.132. The first-order chi connectivity index (χ1) is 14.2. The molecule has 0 fully saturated rings. The lowest BCUT2D eigenvalue weighted by atomic mass is 10.00. The zero-order chi connectivity index (χ0) is 21.6. The second kappa shape index (κ2) is 7.34. The van der Waals surface area contributed by atoms with Gasteiger partial charge in [0, 0.05) is 23.5 Å². The minimum atomic E-state index is -0.804. The second-order valence-corrected chi connectivity index (χ2v) is 7.87. The average molecular weight is 429 g/mol. The van der Waals surface area contributed by atoms with Gasteiger partial charge in [-0.05, 0) is 56.3 Å². The number of halogens is 3. The number of rotatable bonds is 3. The summed E-state index contributed by atoms with van der Waals surface area (Å²) in [5.74, 6) is -0.562. The third-order valence-electron chi connectivity index (χ3n) is 5.18. The fraction of sp³-hybridized carbons (Fsp3) is 0.182. The van der Waals surface area contributed by atoms with Crippen LogP contribution in [0.5, 0.6) is 0 Å². The largest absolute Gasteiger partial charge is 0.322 e. The Kier molecular flexibility index (Phi) is 4.95. The van der Waals surface area contributed by atoms with Crippen molar-refractivity contribution in [1.82, 2.24) is 14.5 Å². The zero-order valence-corrected chi connectivity index (χ0v) is 17.1. The first kappa shape index (κ1) is 20.3. The number of fused-ring (bicyclic) bond motifs is 1. The Morgan fingerprint density at radius 1 is 1.10 bits per heavy atom. The molecule has 3 aromatic rings.